The van der Waals surface area contributed by atoms with Crippen LogP contribution >= 0.6 is 0 Å². The summed E-state index contributed by atoms with van der Waals surface area (Å²) in [6, 6.07) is 6.52. The fraction of sp³-hybridized carbons (Fsp3) is 0.474. The van der Waals surface area contributed by atoms with E-state index in [0.29, 0.717) is 39.0 Å². The van der Waals surface area contributed by atoms with Gasteiger partial charge in [-0.15, -0.1) is 0 Å². The molecule has 5 nitrogen and oxygen atoms in total. The lowest BCUT2D eigenvalue weighted by molar-refractivity contribution is -0.138. The molecule has 3 rings (SSSR count). The zero-order chi connectivity index (χ0) is 17.8. The Hall–Kier alpha value is -2.21. The van der Waals surface area contributed by atoms with Crippen molar-refractivity contribution >= 4 is 5.91 Å². The van der Waals surface area contributed by atoms with Crippen LogP contribution in [0.5, 0.6) is 0 Å². The Labute approximate surface area is 146 Å². The minimum Gasteiger partial charge on any atom is -0.374 e. The molecule has 0 N–H and O–H groups in total. The van der Waals surface area contributed by atoms with Crippen molar-refractivity contribution in [2.24, 2.45) is 0 Å². The number of morpholine rings is 1. The van der Waals surface area contributed by atoms with Crippen LogP contribution in [-0.4, -0.2) is 41.8 Å². The summed E-state index contributed by atoms with van der Waals surface area (Å²) in [5, 5.41) is 3.92. The number of ether oxygens (including phenoxy) is 1. The summed E-state index contributed by atoms with van der Waals surface area (Å²) in [5.41, 5.74) is 2.74. The topological polar surface area (TPSA) is 55.6 Å². The summed E-state index contributed by atoms with van der Waals surface area (Å²) in [7, 11) is 0. The van der Waals surface area contributed by atoms with E-state index in [2.05, 4.69) is 5.16 Å². The second-order valence-electron chi connectivity index (χ2n) is 6.47. The highest BCUT2D eigenvalue weighted by Crippen LogP contribution is 2.17. The van der Waals surface area contributed by atoms with Gasteiger partial charge in [-0.05, 0) is 38.0 Å². The van der Waals surface area contributed by atoms with Crippen molar-refractivity contribution in [3.05, 3.63) is 52.7 Å². The van der Waals surface area contributed by atoms with Crippen LogP contribution in [0, 0.1) is 19.7 Å². The van der Waals surface area contributed by atoms with Crippen LogP contribution in [0.1, 0.15) is 29.0 Å². The van der Waals surface area contributed by atoms with Crippen molar-refractivity contribution in [1.82, 2.24) is 10.1 Å². The molecule has 1 fully saturated rings. The normalized spacial score (nSPS) is 17.7. The standard InChI is InChI=1S/C19H23FN2O3/c1-13-18(14(2)25-21-13)6-7-19(23)22-8-9-24-17(12-22)11-15-4-3-5-16(20)10-15/h3-5,10,17H,6-9,11-12H2,1-2H3/t17-/m0/s1. The summed E-state index contributed by atoms with van der Waals surface area (Å²) in [6.07, 6.45) is 1.56. The number of aryl methyl sites for hydroxylation is 2. The third kappa shape index (κ3) is 4.45. The predicted molar refractivity (Wildman–Crippen MR) is 90.7 cm³/mol. The van der Waals surface area contributed by atoms with Crippen LogP contribution in [0.2, 0.25) is 0 Å². The number of carbonyl (C=O) groups excluding carboxylic acids is 1. The summed E-state index contributed by atoms with van der Waals surface area (Å²) in [6.45, 7) is 5.40. The third-order valence-corrected chi connectivity index (χ3v) is 4.61. The van der Waals surface area contributed by atoms with E-state index in [4.69, 9.17) is 9.26 Å². The van der Waals surface area contributed by atoms with Gasteiger partial charge in [0.15, 0.2) is 0 Å². The summed E-state index contributed by atoms with van der Waals surface area (Å²) in [4.78, 5) is 14.4. The van der Waals surface area contributed by atoms with Gasteiger partial charge in [-0.2, -0.15) is 0 Å². The van der Waals surface area contributed by atoms with Gasteiger partial charge in [-0.3, -0.25) is 4.79 Å². The molecule has 0 bridgehead atoms. The number of amides is 1. The van der Waals surface area contributed by atoms with Crippen molar-refractivity contribution in [1.29, 1.82) is 0 Å². The lowest BCUT2D eigenvalue weighted by atomic mass is 10.1. The van der Waals surface area contributed by atoms with Gasteiger partial charge >= 0.3 is 0 Å². The van der Waals surface area contributed by atoms with Crippen molar-refractivity contribution < 1.29 is 18.4 Å². The summed E-state index contributed by atoms with van der Waals surface area (Å²) < 4.78 is 24.2. The molecule has 2 heterocycles. The number of nitrogens with zero attached hydrogens (tertiary/aromatic N) is 2. The van der Waals surface area contributed by atoms with E-state index in [1.54, 1.807) is 6.07 Å². The van der Waals surface area contributed by atoms with Crippen LogP contribution in [-0.2, 0) is 22.4 Å². The number of benzene rings is 1. The fourth-order valence-corrected chi connectivity index (χ4v) is 3.25. The third-order valence-electron chi connectivity index (χ3n) is 4.61. The molecule has 0 radical (unpaired) electrons. The number of hydrogen-bond donors (Lipinski definition) is 0. The van der Waals surface area contributed by atoms with Gasteiger partial charge in [-0.25, -0.2) is 4.39 Å². The van der Waals surface area contributed by atoms with Crippen molar-refractivity contribution in [2.45, 2.75) is 39.2 Å². The Kier molecular flexibility index (Phi) is 5.48. The molecule has 134 valence electrons. The average molecular weight is 346 g/mol. The van der Waals surface area contributed by atoms with Crippen molar-refractivity contribution in [3.63, 3.8) is 0 Å². The molecule has 1 aromatic carbocycles. The molecule has 1 atom stereocenters. The second kappa shape index (κ2) is 7.78. The lowest BCUT2D eigenvalue weighted by Gasteiger charge is -2.33. The molecule has 1 aliphatic heterocycles. The first-order chi connectivity index (χ1) is 12.0. The zero-order valence-electron chi connectivity index (χ0n) is 14.6. The van der Waals surface area contributed by atoms with E-state index in [9.17, 15) is 9.18 Å². The van der Waals surface area contributed by atoms with Gasteiger partial charge < -0.3 is 14.2 Å². The minimum atomic E-state index is -0.249. The highest BCUT2D eigenvalue weighted by molar-refractivity contribution is 5.76. The van der Waals surface area contributed by atoms with Gasteiger partial charge in [0.25, 0.3) is 0 Å². The maximum absolute atomic E-state index is 13.3. The Morgan fingerprint density at radius 3 is 2.96 bits per heavy atom. The van der Waals surface area contributed by atoms with Crippen LogP contribution in [0.3, 0.4) is 0 Å². The average Bonchev–Trinajstić information content (AvgIpc) is 2.91. The van der Waals surface area contributed by atoms with Gasteiger partial charge in [0, 0.05) is 31.5 Å². The van der Waals surface area contributed by atoms with Crippen LogP contribution in [0.15, 0.2) is 28.8 Å². The second-order valence-corrected chi connectivity index (χ2v) is 6.47. The highest BCUT2D eigenvalue weighted by atomic mass is 19.1. The minimum absolute atomic E-state index is 0.0986. The highest BCUT2D eigenvalue weighted by Gasteiger charge is 2.24. The number of carbonyl (C=O) groups is 1. The first-order valence-electron chi connectivity index (χ1n) is 8.58. The zero-order valence-corrected chi connectivity index (χ0v) is 14.6. The molecular weight excluding hydrogens is 323 g/mol. The summed E-state index contributed by atoms with van der Waals surface area (Å²) in [5.74, 6) is 0.629. The number of aromatic nitrogens is 1. The monoisotopic (exact) mass is 346 g/mol. The quantitative estimate of drug-likeness (QED) is 0.835. The largest absolute Gasteiger partial charge is 0.374 e. The van der Waals surface area contributed by atoms with E-state index in [1.807, 2.05) is 24.8 Å². The smallest absolute Gasteiger partial charge is 0.223 e. The van der Waals surface area contributed by atoms with Crippen LogP contribution < -0.4 is 0 Å². The Morgan fingerprint density at radius 2 is 2.24 bits per heavy atom. The summed E-state index contributed by atoms with van der Waals surface area (Å²) >= 11 is 0. The Bertz CT molecular complexity index is 725. The number of rotatable bonds is 5. The molecule has 0 spiro atoms. The molecule has 1 saturated heterocycles. The van der Waals surface area contributed by atoms with Crippen molar-refractivity contribution in [2.75, 3.05) is 19.7 Å². The molecule has 0 aliphatic carbocycles. The Balaban J connectivity index is 1.54. The maximum atomic E-state index is 13.3. The van der Waals surface area contributed by atoms with Crippen LogP contribution in [0.4, 0.5) is 4.39 Å². The van der Waals surface area contributed by atoms with E-state index < -0.39 is 0 Å². The van der Waals surface area contributed by atoms with Gasteiger partial charge in [0.2, 0.25) is 5.91 Å². The molecule has 0 saturated carbocycles. The SMILES string of the molecule is Cc1noc(C)c1CCC(=O)N1CCO[C@@H](Cc2cccc(F)c2)C1. The molecule has 1 aromatic heterocycles. The predicted octanol–water partition coefficient (Wildman–Crippen LogP) is 2.83. The van der Waals surface area contributed by atoms with E-state index in [0.717, 1.165) is 22.6 Å². The number of hydrogen-bond acceptors (Lipinski definition) is 4. The van der Waals surface area contributed by atoms with Gasteiger partial charge in [0.05, 0.1) is 18.4 Å². The van der Waals surface area contributed by atoms with Crippen molar-refractivity contribution in [3.8, 4) is 0 Å². The number of halogens is 1. The molecule has 2 aromatic rings. The molecule has 0 unspecified atom stereocenters. The van der Waals surface area contributed by atoms with E-state index in [1.165, 1.54) is 12.1 Å². The molecule has 1 amide bonds. The maximum Gasteiger partial charge on any atom is 0.223 e. The molecule has 1 aliphatic rings. The van der Waals surface area contributed by atoms with Gasteiger partial charge in [-0.1, -0.05) is 17.3 Å². The van der Waals surface area contributed by atoms with E-state index in [-0.39, 0.29) is 17.8 Å². The first kappa shape index (κ1) is 17.6. The fourth-order valence-electron chi connectivity index (χ4n) is 3.25. The lowest BCUT2D eigenvalue weighted by Crippen LogP contribution is -2.46. The molecule has 6 heteroatoms. The van der Waals surface area contributed by atoms with E-state index >= 15 is 0 Å². The molecular formula is C19H23FN2O3. The Morgan fingerprint density at radius 1 is 1.40 bits per heavy atom. The molecule has 25 heavy (non-hydrogen) atoms. The van der Waals surface area contributed by atoms with Crippen LogP contribution in [0.25, 0.3) is 0 Å². The van der Waals surface area contributed by atoms with Gasteiger partial charge in [0.1, 0.15) is 11.6 Å². The first-order valence-corrected chi connectivity index (χ1v) is 8.58.